The molecule has 4 rings (SSSR count). The van der Waals surface area contributed by atoms with Crippen LogP contribution in [0.1, 0.15) is 5.56 Å². The number of aromatic nitrogens is 1. The highest BCUT2D eigenvalue weighted by Gasteiger charge is 2.15. The van der Waals surface area contributed by atoms with Gasteiger partial charge in [-0.2, -0.15) is 0 Å². The SMILES string of the molecule is O=S(=O)(NCc1ccc(N2CCOCC2)nc1)c1ccc2ccccc2c1. The van der Waals surface area contributed by atoms with Gasteiger partial charge in [0.25, 0.3) is 0 Å². The van der Waals surface area contributed by atoms with Crippen LogP contribution in [0.15, 0.2) is 65.7 Å². The Bertz CT molecular complexity index is 1030. The minimum atomic E-state index is -3.59. The van der Waals surface area contributed by atoms with Gasteiger partial charge in [0, 0.05) is 25.8 Å². The smallest absolute Gasteiger partial charge is 0.240 e. The van der Waals surface area contributed by atoms with Gasteiger partial charge in [0.1, 0.15) is 5.82 Å². The van der Waals surface area contributed by atoms with Crippen molar-refractivity contribution in [1.82, 2.24) is 9.71 Å². The van der Waals surface area contributed by atoms with E-state index < -0.39 is 10.0 Å². The van der Waals surface area contributed by atoms with Gasteiger partial charge in [0.05, 0.1) is 18.1 Å². The van der Waals surface area contributed by atoms with Crippen LogP contribution in [0.5, 0.6) is 0 Å². The van der Waals surface area contributed by atoms with E-state index in [0.717, 1.165) is 35.2 Å². The zero-order valence-corrected chi connectivity index (χ0v) is 15.7. The number of fused-ring (bicyclic) bond motifs is 1. The fourth-order valence-corrected chi connectivity index (χ4v) is 4.15. The Morgan fingerprint density at radius 2 is 1.78 bits per heavy atom. The monoisotopic (exact) mass is 383 g/mol. The van der Waals surface area contributed by atoms with Gasteiger partial charge in [-0.3, -0.25) is 0 Å². The molecule has 2 heterocycles. The van der Waals surface area contributed by atoms with E-state index in [1.165, 1.54) is 0 Å². The summed E-state index contributed by atoms with van der Waals surface area (Å²) in [6, 6.07) is 16.7. The van der Waals surface area contributed by atoms with Crippen LogP contribution in [0.2, 0.25) is 0 Å². The lowest BCUT2D eigenvalue weighted by molar-refractivity contribution is 0.122. The van der Waals surface area contributed by atoms with E-state index >= 15 is 0 Å². The Hall–Kier alpha value is -2.48. The Morgan fingerprint density at radius 1 is 1.00 bits per heavy atom. The Balaban J connectivity index is 1.45. The molecule has 0 saturated carbocycles. The molecule has 7 heteroatoms. The maximum absolute atomic E-state index is 12.6. The van der Waals surface area contributed by atoms with Gasteiger partial charge in [-0.25, -0.2) is 18.1 Å². The lowest BCUT2D eigenvalue weighted by Gasteiger charge is -2.27. The highest BCUT2D eigenvalue weighted by atomic mass is 32.2. The van der Waals surface area contributed by atoms with E-state index in [1.807, 2.05) is 42.5 Å². The fourth-order valence-electron chi connectivity index (χ4n) is 3.10. The number of ether oxygens (including phenoxy) is 1. The number of sulfonamides is 1. The zero-order chi connectivity index (χ0) is 18.7. The molecule has 2 aromatic carbocycles. The quantitative estimate of drug-likeness (QED) is 0.733. The second kappa shape index (κ2) is 7.64. The van der Waals surface area contributed by atoms with Gasteiger partial charge in [-0.1, -0.05) is 36.4 Å². The molecule has 0 amide bonds. The molecule has 27 heavy (non-hydrogen) atoms. The molecule has 0 spiro atoms. The minimum Gasteiger partial charge on any atom is -0.378 e. The van der Waals surface area contributed by atoms with E-state index in [2.05, 4.69) is 14.6 Å². The molecule has 0 bridgehead atoms. The summed E-state index contributed by atoms with van der Waals surface area (Å²) in [5.74, 6) is 0.888. The first-order chi connectivity index (χ1) is 13.1. The second-order valence-corrected chi connectivity index (χ2v) is 8.22. The average Bonchev–Trinajstić information content (AvgIpc) is 2.73. The van der Waals surface area contributed by atoms with Crippen LogP contribution in [-0.4, -0.2) is 39.7 Å². The number of hydrogen-bond acceptors (Lipinski definition) is 5. The van der Waals surface area contributed by atoms with Crippen molar-refractivity contribution in [3.8, 4) is 0 Å². The first-order valence-electron chi connectivity index (χ1n) is 8.88. The van der Waals surface area contributed by atoms with Crippen molar-refractivity contribution in [3.63, 3.8) is 0 Å². The van der Waals surface area contributed by atoms with Gasteiger partial charge in [0.15, 0.2) is 0 Å². The largest absolute Gasteiger partial charge is 0.378 e. The summed E-state index contributed by atoms with van der Waals surface area (Å²) in [6.07, 6.45) is 1.72. The van der Waals surface area contributed by atoms with E-state index in [1.54, 1.807) is 18.3 Å². The lowest BCUT2D eigenvalue weighted by Crippen LogP contribution is -2.36. The van der Waals surface area contributed by atoms with Crippen molar-refractivity contribution in [3.05, 3.63) is 66.4 Å². The summed E-state index contributed by atoms with van der Waals surface area (Å²) in [4.78, 5) is 6.87. The number of nitrogens with one attached hydrogen (secondary N) is 1. The van der Waals surface area contributed by atoms with Crippen molar-refractivity contribution in [2.24, 2.45) is 0 Å². The maximum atomic E-state index is 12.6. The van der Waals surface area contributed by atoms with Gasteiger partial charge in [-0.05, 0) is 34.5 Å². The molecular formula is C20H21N3O3S. The highest BCUT2D eigenvalue weighted by Crippen LogP contribution is 2.19. The number of anilines is 1. The van der Waals surface area contributed by atoms with Gasteiger partial charge < -0.3 is 9.64 Å². The summed E-state index contributed by atoms with van der Waals surface area (Å²) in [5, 5.41) is 1.91. The molecule has 140 valence electrons. The van der Waals surface area contributed by atoms with E-state index in [9.17, 15) is 8.42 Å². The molecule has 3 aromatic rings. The number of pyridine rings is 1. The Labute approximate surface area is 158 Å². The molecule has 1 fully saturated rings. The molecule has 0 atom stereocenters. The van der Waals surface area contributed by atoms with Crippen LogP contribution in [0, 0.1) is 0 Å². The van der Waals surface area contributed by atoms with Crippen LogP contribution in [0.3, 0.4) is 0 Å². The number of benzene rings is 2. The van der Waals surface area contributed by atoms with E-state index in [-0.39, 0.29) is 11.4 Å². The molecule has 6 nitrogen and oxygen atoms in total. The van der Waals surface area contributed by atoms with Crippen molar-refractivity contribution >= 4 is 26.6 Å². The zero-order valence-electron chi connectivity index (χ0n) is 14.8. The summed E-state index contributed by atoms with van der Waals surface area (Å²) >= 11 is 0. The molecule has 0 radical (unpaired) electrons. The molecule has 1 N–H and O–H groups in total. The number of rotatable bonds is 5. The third-order valence-corrected chi connectivity index (χ3v) is 6.04. The first-order valence-corrected chi connectivity index (χ1v) is 10.4. The summed E-state index contributed by atoms with van der Waals surface area (Å²) in [5.41, 5.74) is 0.816. The van der Waals surface area contributed by atoms with Gasteiger partial charge in [0.2, 0.25) is 10.0 Å². The summed E-state index contributed by atoms with van der Waals surface area (Å²) in [7, 11) is -3.59. The molecular weight excluding hydrogens is 362 g/mol. The highest BCUT2D eigenvalue weighted by molar-refractivity contribution is 7.89. The molecule has 1 aromatic heterocycles. The third-order valence-electron chi connectivity index (χ3n) is 4.64. The standard InChI is InChI=1S/C20H21N3O3S/c24-27(25,19-7-6-17-3-1-2-4-18(17)13-19)22-15-16-5-8-20(21-14-16)23-9-11-26-12-10-23/h1-8,13-14,22H,9-12,15H2. The van der Waals surface area contributed by atoms with Crippen LogP contribution in [0.4, 0.5) is 5.82 Å². The van der Waals surface area contributed by atoms with Crippen LogP contribution < -0.4 is 9.62 Å². The van der Waals surface area contributed by atoms with E-state index in [0.29, 0.717) is 13.2 Å². The maximum Gasteiger partial charge on any atom is 0.240 e. The fraction of sp³-hybridized carbons (Fsp3) is 0.250. The Morgan fingerprint density at radius 3 is 2.52 bits per heavy atom. The predicted molar refractivity (Wildman–Crippen MR) is 105 cm³/mol. The minimum absolute atomic E-state index is 0.200. The summed E-state index contributed by atoms with van der Waals surface area (Å²) in [6.45, 7) is 3.25. The first kappa shape index (κ1) is 17.9. The topological polar surface area (TPSA) is 71.5 Å². The third kappa shape index (κ3) is 4.10. The summed E-state index contributed by atoms with van der Waals surface area (Å²) < 4.78 is 33.2. The van der Waals surface area contributed by atoms with Crippen molar-refractivity contribution in [1.29, 1.82) is 0 Å². The average molecular weight is 383 g/mol. The molecule has 0 aliphatic carbocycles. The number of morpholine rings is 1. The number of nitrogens with zero attached hydrogens (tertiary/aromatic N) is 2. The van der Waals surface area contributed by atoms with Crippen LogP contribution in [-0.2, 0) is 21.3 Å². The molecule has 1 aliphatic heterocycles. The van der Waals surface area contributed by atoms with Crippen LogP contribution >= 0.6 is 0 Å². The molecule has 0 unspecified atom stereocenters. The normalized spacial score (nSPS) is 15.2. The predicted octanol–water partition coefficient (Wildman–Crippen LogP) is 2.55. The van der Waals surface area contributed by atoms with E-state index in [4.69, 9.17) is 4.74 Å². The van der Waals surface area contributed by atoms with Crippen LogP contribution in [0.25, 0.3) is 10.8 Å². The molecule has 1 saturated heterocycles. The second-order valence-electron chi connectivity index (χ2n) is 6.46. The Kier molecular flexibility index (Phi) is 5.07. The van der Waals surface area contributed by atoms with Gasteiger partial charge >= 0.3 is 0 Å². The van der Waals surface area contributed by atoms with Crippen molar-refractivity contribution in [2.45, 2.75) is 11.4 Å². The van der Waals surface area contributed by atoms with Crippen molar-refractivity contribution in [2.75, 3.05) is 31.2 Å². The van der Waals surface area contributed by atoms with Gasteiger partial charge in [-0.15, -0.1) is 0 Å². The van der Waals surface area contributed by atoms with Crippen molar-refractivity contribution < 1.29 is 13.2 Å². The molecule has 1 aliphatic rings. The lowest BCUT2D eigenvalue weighted by atomic mass is 10.1. The number of hydrogen-bond donors (Lipinski definition) is 1.